The Labute approximate surface area is 367 Å². The molecule has 6 aromatic carbocycles. The molecule has 0 fully saturated rings. The van der Waals surface area contributed by atoms with Gasteiger partial charge in [0.1, 0.15) is 69.2 Å². The van der Waals surface area contributed by atoms with Crippen molar-refractivity contribution in [2.24, 2.45) is 11.8 Å². The molecule has 2 aliphatic rings. The van der Waals surface area contributed by atoms with Gasteiger partial charge in [0.25, 0.3) is 0 Å². The van der Waals surface area contributed by atoms with Crippen LogP contribution in [0.15, 0.2) is 84.9 Å². The number of halogens is 12. The van der Waals surface area contributed by atoms with Crippen molar-refractivity contribution in [3.8, 4) is 33.8 Å². The molecule has 0 N–H and O–H groups in total. The van der Waals surface area contributed by atoms with Gasteiger partial charge in [0, 0.05) is 35.4 Å². The molecule has 65 heavy (non-hydrogen) atoms. The van der Waals surface area contributed by atoms with Crippen molar-refractivity contribution in [3.63, 3.8) is 0 Å². The maximum Gasteiger partial charge on any atom is 0.432 e. The Kier molecular flexibility index (Phi) is 13.4. The lowest BCUT2D eigenvalue weighted by atomic mass is 9.98. The number of hydrogen-bond donors (Lipinski definition) is 0. The van der Waals surface area contributed by atoms with Gasteiger partial charge in [-0.15, -0.1) is 0 Å². The number of benzene rings is 6. The third-order valence-electron chi connectivity index (χ3n) is 12.1. The SMILES string of the molecule is CCC1Cc2ccc(-c3cc(F)c(C(F)(F)Oc4cc(F)c(C)c(F)c4)c(F)c3)cc2C1.CCCC1Cc2ccc(-c3cc(F)c(C(F)(F)Oc4cc(F)c(C)c(F)c4)c(F)c3)cc2C1. The summed E-state index contributed by atoms with van der Waals surface area (Å²) in [5, 5.41) is 0. The summed E-state index contributed by atoms with van der Waals surface area (Å²) >= 11 is 0. The normalized spacial score (nSPS) is 15.6. The minimum absolute atomic E-state index is 0.106. The largest absolute Gasteiger partial charge is 0.432 e. The lowest BCUT2D eigenvalue weighted by molar-refractivity contribution is -0.190. The Balaban J connectivity index is 0.000000194. The molecule has 0 aromatic heterocycles. The molecule has 0 spiro atoms. The zero-order valence-electron chi connectivity index (χ0n) is 35.5. The predicted octanol–water partition coefficient (Wildman–Crippen LogP) is 15.3. The summed E-state index contributed by atoms with van der Waals surface area (Å²) in [6.07, 6.45) is -2.18. The quantitative estimate of drug-likeness (QED) is 0.121. The molecule has 2 aliphatic carbocycles. The Hall–Kier alpha value is -5.92. The smallest absolute Gasteiger partial charge is 0.429 e. The van der Waals surface area contributed by atoms with Crippen LogP contribution in [0.4, 0.5) is 52.7 Å². The summed E-state index contributed by atoms with van der Waals surface area (Å²) in [5.41, 5.74) is 1.75. The van der Waals surface area contributed by atoms with Gasteiger partial charge < -0.3 is 9.47 Å². The minimum Gasteiger partial charge on any atom is -0.429 e. The van der Waals surface area contributed by atoms with Crippen molar-refractivity contribution in [3.05, 3.63) is 176 Å². The van der Waals surface area contributed by atoms with Gasteiger partial charge in [0.15, 0.2) is 0 Å². The highest BCUT2D eigenvalue weighted by Gasteiger charge is 2.43. The zero-order valence-corrected chi connectivity index (χ0v) is 35.5. The second kappa shape index (κ2) is 18.5. The van der Waals surface area contributed by atoms with Gasteiger partial charge in [-0.2, -0.15) is 17.6 Å². The summed E-state index contributed by atoms with van der Waals surface area (Å²) in [6.45, 7) is 6.45. The number of hydrogen-bond acceptors (Lipinski definition) is 2. The topological polar surface area (TPSA) is 18.5 Å². The summed E-state index contributed by atoms with van der Waals surface area (Å²) in [5.74, 6) is -11.3. The fourth-order valence-corrected chi connectivity index (χ4v) is 8.47. The van der Waals surface area contributed by atoms with Crippen LogP contribution in [0, 0.1) is 72.2 Å². The molecule has 2 nitrogen and oxygen atoms in total. The average Bonchev–Trinajstić information content (AvgIpc) is 3.84. The maximum absolute atomic E-state index is 14.7. The first-order chi connectivity index (χ1) is 30.7. The van der Waals surface area contributed by atoms with E-state index in [0.29, 0.717) is 47.2 Å². The first-order valence-electron chi connectivity index (χ1n) is 21.0. The highest BCUT2D eigenvalue weighted by Crippen LogP contribution is 2.41. The Morgan fingerprint density at radius 3 is 1.12 bits per heavy atom. The third kappa shape index (κ3) is 10.0. The molecule has 6 aromatic rings. The van der Waals surface area contributed by atoms with Crippen molar-refractivity contribution >= 4 is 0 Å². The van der Waals surface area contributed by atoms with Crippen LogP contribution in [-0.2, 0) is 37.9 Å². The lowest BCUT2D eigenvalue weighted by Gasteiger charge is -2.20. The lowest BCUT2D eigenvalue weighted by Crippen LogP contribution is -2.25. The van der Waals surface area contributed by atoms with Gasteiger partial charge in [-0.1, -0.05) is 69.5 Å². The van der Waals surface area contributed by atoms with E-state index in [1.807, 2.05) is 24.3 Å². The second-order valence-electron chi connectivity index (χ2n) is 16.6. The van der Waals surface area contributed by atoms with Crippen molar-refractivity contribution in [2.45, 2.75) is 84.9 Å². The number of alkyl halides is 4. The fraction of sp³-hybridized carbons (Fsp3) is 0.294. The van der Waals surface area contributed by atoms with E-state index in [9.17, 15) is 52.7 Å². The molecule has 8 rings (SSSR count). The van der Waals surface area contributed by atoms with Gasteiger partial charge in [-0.05, 0) is 120 Å². The van der Waals surface area contributed by atoms with Crippen LogP contribution in [0.1, 0.15) is 77.6 Å². The van der Waals surface area contributed by atoms with Crippen molar-refractivity contribution in [1.29, 1.82) is 0 Å². The van der Waals surface area contributed by atoms with Crippen molar-refractivity contribution in [1.82, 2.24) is 0 Å². The Morgan fingerprint density at radius 2 is 0.769 bits per heavy atom. The van der Waals surface area contributed by atoms with E-state index in [4.69, 9.17) is 0 Å². The van der Waals surface area contributed by atoms with E-state index in [-0.39, 0.29) is 22.3 Å². The molecule has 0 saturated carbocycles. The number of rotatable bonds is 11. The van der Waals surface area contributed by atoms with E-state index in [0.717, 1.165) is 94.2 Å². The summed E-state index contributed by atoms with van der Waals surface area (Å²) in [4.78, 5) is 0. The van der Waals surface area contributed by atoms with E-state index in [1.54, 1.807) is 12.1 Å². The van der Waals surface area contributed by atoms with Gasteiger partial charge >= 0.3 is 12.2 Å². The molecule has 2 atom stereocenters. The first-order valence-corrected chi connectivity index (χ1v) is 21.0. The fourth-order valence-electron chi connectivity index (χ4n) is 8.47. The molecule has 2 unspecified atom stereocenters. The maximum atomic E-state index is 14.7. The summed E-state index contributed by atoms with van der Waals surface area (Å²) < 4.78 is 180. The van der Waals surface area contributed by atoms with Crippen LogP contribution in [0.5, 0.6) is 11.5 Å². The molecule has 0 radical (unpaired) electrons. The van der Waals surface area contributed by atoms with Crippen LogP contribution in [-0.4, -0.2) is 0 Å². The third-order valence-corrected chi connectivity index (χ3v) is 12.1. The molecule has 14 heteroatoms. The van der Waals surface area contributed by atoms with Crippen LogP contribution >= 0.6 is 0 Å². The number of ether oxygens (including phenoxy) is 2. The van der Waals surface area contributed by atoms with Crippen LogP contribution in [0.3, 0.4) is 0 Å². The highest BCUT2D eigenvalue weighted by atomic mass is 19.3. The average molecular weight is 915 g/mol. The molecule has 0 amide bonds. The van der Waals surface area contributed by atoms with E-state index < -0.39 is 81.4 Å². The molecule has 0 aliphatic heterocycles. The minimum atomic E-state index is -4.49. The second-order valence-corrected chi connectivity index (χ2v) is 16.6. The molecular weight excluding hydrogens is 873 g/mol. The Morgan fingerprint density at radius 1 is 0.431 bits per heavy atom. The zero-order chi connectivity index (χ0) is 47.1. The van der Waals surface area contributed by atoms with E-state index >= 15 is 0 Å². The van der Waals surface area contributed by atoms with Crippen molar-refractivity contribution in [2.75, 3.05) is 0 Å². The van der Waals surface area contributed by atoms with E-state index in [1.165, 1.54) is 11.1 Å². The van der Waals surface area contributed by atoms with E-state index in [2.05, 4.69) is 23.3 Å². The highest BCUT2D eigenvalue weighted by molar-refractivity contribution is 5.67. The van der Waals surface area contributed by atoms with Gasteiger partial charge in [0.05, 0.1) is 0 Å². The number of fused-ring (bicyclic) bond motifs is 2. The standard InChI is InChI=1S/C26H22F6O.C25H20F6O/c1-3-4-15-7-16-5-6-17(9-18(16)8-15)19-10-23(29)25(24(30)11-19)26(31,32)33-20-12-21(27)14(2)22(28)13-20;1-3-14-6-15-4-5-16(8-17(15)7-14)18-9-22(28)24(23(29)10-18)25(30,31)32-19-11-20(26)13(2)21(27)12-19/h5-6,9-13,15H,3-4,7-8H2,1-2H3;4-5,8-12,14H,3,6-7H2,1-2H3. The predicted molar refractivity (Wildman–Crippen MR) is 222 cm³/mol. The monoisotopic (exact) mass is 914 g/mol. The molecule has 0 saturated heterocycles. The summed E-state index contributed by atoms with van der Waals surface area (Å²) in [6, 6.07) is 16.2. The Bertz CT molecular complexity index is 2670. The van der Waals surface area contributed by atoms with Crippen LogP contribution < -0.4 is 9.47 Å². The van der Waals surface area contributed by atoms with Gasteiger partial charge in [-0.25, -0.2) is 35.1 Å². The van der Waals surface area contributed by atoms with Gasteiger partial charge in [-0.3, -0.25) is 0 Å². The first kappa shape index (κ1) is 47.1. The molecule has 0 heterocycles. The van der Waals surface area contributed by atoms with Crippen LogP contribution in [0.25, 0.3) is 22.3 Å². The molecular formula is C51H42F12O2. The van der Waals surface area contributed by atoms with Crippen LogP contribution in [0.2, 0.25) is 0 Å². The van der Waals surface area contributed by atoms with Crippen molar-refractivity contribution < 1.29 is 62.2 Å². The molecule has 342 valence electrons. The summed E-state index contributed by atoms with van der Waals surface area (Å²) in [7, 11) is 0. The van der Waals surface area contributed by atoms with Gasteiger partial charge in [0.2, 0.25) is 0 Å². The molecule has 0 bridgehead atoms.